The highest BCUT2D eigenvalue weighted by atomic mass is 19.1. The third-order valence-electron chi connectivity index (χ3n) is 3.22. The molecule has 0 fully saturated rings. The summed E-state index contributed by atoms with van der Waals surface area (Å²) in [7, 11) is 0. The van der Waals surface area contributed by atoms with Gasteiger partial charge < -0.3 is 5.32 Å². The fraction of sp³-hybridized carbons (Fsp3) is 0.200. The Balaban J connectivity index is 1.81. The lowest BCUT2D eigenvalue weighted by Crippen LogP contribution is -2.24. The maximum Gasteiger partial charge on any atom is 0.291 e. The molecule has 7 heteroatoms. The fourth-order valence-electron chi connectivity index (χ4n) is 2.16. The first-order valence-corrected chi connectivity index (χ1v) is 6.77. The van der Waals surface area contributed by atoms with Crippen molar-refractivity contribution in [3.8, 4) is 0 Å². The van der Waals surface area contributed by atoms with Crippen LogP contribution in [0.1, 0.15) is 27.6 Å². The topological polar surface area (TPSA) is 72.2 Å². The van der Waals surface area contributed by atoms with Crippen molar-refractivity contribution in [2.45, 2.75) is 20.4 Å². The molecular formula is C15H14FN5O. The van der Waals surface area contributed by atoms with E-state index in [2.05, 4.69) is 20.4 Å². The third-order valence-corrected chi connectivity index (χ3v) is 3.22. The molecule has 0 radical (unpaired) electrons. The van der Waals surface area contributed by atoms with Crippen LogP contribution in [-0.4, -0.2) is 25.5 Å². The van der Waals surface area contributed by atoms with Crippen LogP contribution in [0, 0.1) is 19.7 Å². The molecule has 0 atom stereocenters. The van der Waals surface area contributed by atoms with E-state index >= 15 is 0 Å². The lowest BCUT2D eigenvalue weighted by Gasteiger charge is -2.03. The molecule has 3 rings (SSSR count). The van der Waals surface area contributed by atoms with Crippen molar-refractivity contribution in [1.82, 2.24) is 24.9 Å². The number of rotatable bonds is 3. The minimum Gasteiger partial charge on any atom is -0.345 e. The van der Waals surface area contributed by atoms with Gasteiger partial charge in [0, 0.05) is 23.5 Å². The van der Waals surface area contributed by atoms with E-state index in [0.29, 0.717) is 11.3 Å². The minimum atomic E-state index is -0.467. The molecule has 2 heterocycles. The molecule has 0 saturated heterocycles. The maximum absolute atomic E-state index is 13.5. The van der Waals surface area contributed by atoms with Crippen molar-refractivity contribution in [2.24, 2.45) is 0 Å². The van der Waals surface area contributed by atoms with Crippen molar-refractivity contribution < 1.29 is 9.18 Å². The summed E-state index contributed by atoms with van der Waals surface area (Å²) in [6.45, 7) is 3.78. The van der Waals surface area contributed by atoms with Gasteiger partial charge in [0.1, 0.15) is 5.82 Å². The normalized spacial score (nSPS) is 10.9. The Labute approximate surface area is 126 Å². The first-order valence-electron chi connectivity index (χ1n) is 6.77. The molecule has 112 valence electrons. The van der Waals surface area contributed by atoms with E-state index < -0.39 is 5.91 Å². The second kappa shape index (κ2) is 5.51. The number of carbonyl (C=O) groups is 1. The zero-order chi connectivity index (χ0) is 15.7. The first-order chi connectivity index (χ1) is 10.5. The molecule has 2 aromatic heterocycles. The van der Waals surface area contributed by atoms with Gasteiger partial charge in [-0.3, -0.25) is 4.79 Å². The summed E-state index contributed by atoms with van der Waals surface area (Å²) in [6.07, 6.45) is 0. The molecular weight excluding hydrogens is 285 g/mol. The first kappa shape index (κ1) is 14.1. The van der Waals surface area contributed by atoms with Gasteiger partial charge in [0.05, 0.1) is 0 Å². The van der Waals surface area contributed by atoms with Gasteiger partial charge in [-0.2, -0.15) is 4.98 Å². The van der Waals surface area contributed by atoms with Crippen molar-refractivity contribution in [3.05, 3.63) is 58.9 Å². The molecule has 0 unspecified atom stereocenters. The van der Waals surface area contributed by atoms with E-state index in [1.807, 2.05) is 19.9 Å². The summed E-state index contributed by atoms with van der Waals surface area (Å²) in [4.78, 5) is 20.4. The molecule has 6 nitrogen and oxygen atoms in total. The van der Waals surface area contributed by atoms with Crippen LogP contribution in [0.15, 0.2) is 30.3 Å². The Morgan fingerprint density at radius 3 is 2.82 bits per heavy atom. The maximum atomic E-state index is 13.5. The number of halogens is 1. The number of carbonyl (C=O) groups excluding carboxylic acids is 1. The number of fused-ring (bicyclic) bond motifs is 1. The van der Waals surface area contributed by atoms with Crippen molar-refractivity contribution in [1.29, 1.82) is 0 Å². The Hall–Kier alpha value is -2.83. The van der Waals surface area contributed by atoms with Crippen LogP contribution in [-0.2, 0) is 6.54 Å². The molecule has 22 heavy (non-hydrogen) atoms. The fourth-order valence-corrected chi connectivity index (χ4v) is 2.16. The van der Waals surface area contributed by atoms with Crippen LogP contribution in [0.4, 0.5) is 4.39 Å². The average molecular weight is 299 g/mol. The number of nitrogens with one attached hydrogen (secondary N) is 1. The van der Waals surface area contributed by atoms with E-state index in [4.69, 9.17) is 0 Å². The lowest BCUT2D eigenvalue weighted by molar-refractivity contribution is 0.0940. The number of aromatic nitrogens is 4. The molecule has 0 saturated carbocycles. The molecule has 0 bridgehead atoms. The van der Waals surface area contributed by atoms with Crippen LogP contribution in [0.25, 0.3) is 5.78 Å². The quantitative estimate of drug-likeness (QED) is 0.800. The van der Waals surface area contributed by atoms with Crippen LogP contribution < -0.4 is 5.32 Å². The van der Waals surface area contributed by atoms with Crippen LogP contribution in [0.5, 0.6) is 0 Å². The molecule has 0 aliphatic carbocycles. The van der Waals surface area contributed by atoms with Gasteiger partial charge in [-0.05, 0) is 26.0 Å². The van der Waals surface area contributed by atoms with Gasteiger partial charge >= 0.3 is 0 Å². The standard InChI is InChI=1S/C15H14FN5O/c1-9-7-10(2)21-15(18-9)19-13(20-21)14(22)17-8-11-5-3-4-6-12(11)16/h3-7H,8H2,1-2H3,(H,17,22). The lowest BCUT2D eigenvalue weighted by atomic mass is 10.2. The van der Waals surface area contributed by atoms with Gasteiger partial charge in [-0.25, -0.2) is 13.9 Å². The van der Waals surface area contributed by atoms with E-state index in [0.717, 1.165) is 11.4 Å². The second-order valence-corrected chi connectivity index (χ2v) is 4.96. The number of benzene rings is 1. The zero-order valence-corrected chi connectivity index (χ0v) is 12.2. The highest BCUT2D eigenvalue weighted by Gasteiger charge is 2.15. The molecule has 0 aliphatic heterocycles. The van der Waals surface area contributed by atoms with E-state index in [9.17, 15) is 9.18 Å². The van der Waals surface area contributed by atoms with Crippen molar-refractivity contribution >= 4 is 11.7 Å². The Morgan fingerprint density at radius 1 is 1.27 bits per heavy atom. The number of amides is 1. The Bertz CT molecular complexity index is 858. The predicted molar refractivity (Wildman–Crippen MR) is 77.8 cm³/mol. The van der Waals surface area contributed by atoms with Crippen molar-refractivity contribution in [3.63, 3.8) is 0 Å². The van der Waals surface area contributed by atoms with Crippen LogP contribution >= 0.6 is 0 Å². The van der Waals surface area contributed by atoms with Gasteiger partial charge in [0.2, 0.25) is 5.82 Å². The van der Waals surface area contributed by atoms with E-state index in [1.54, 1.807) is 18.2 Å². The number of aryl methyl sites for hydroxylation is 2. The largest absolute Gasteiger partial charge is 0.345 e. The number of hydrogen-bond acceptors (Lipinski definition) is 4. The molecule has 1 aromatic carbocycles. The highest BCUT2D eigenvalue weighted by molar-refractivity contribution is 5.90. The summed E-state index contributed by atoms with van der Waals surface area (Å²) in [5.74, 6) is -0.448. The van der Waals surface area contributed by atoms with Gasteiger partial charge in [0.15, 0.2) is 0 Å². The summed E-state index contributed by atoms with van der Waals surface area (Å²) >= 11 is 0. The zero-order valence-electron chi connectivity index (χ0n) is 12.2. The summed E-state index contributed by atoms with van der Waals surface area (Å²) < 4.78 is 15.0. The Morgan fingerprint density at radius 2 is 2.05 bits per heavy atom. The van der Waals surface area contributed by atoms with Crippen LogP contribution in [0.3, 0.4) is 0 Å². The smallest absolute Gasteiger partial charge is 0.291 e. The number of hydrogen-bond donors (Lipinski definition) is 1. The van der Waals surface area contributed by atoms with Gasteiger partial charge in [0.25, 0.3) is 11.7 Å². The average Bonchev–Trinajstić information content (AvgIpc) is 2.90. The molecule has 0 spiro atoms. The summed E-state index contributed by atoms with van der Waals surface area (Å²) in [5.41, 5.74) is 2.05. The predicted octanol–water partition coefficient (Wildman–Crippen LogP) is 1.81. The SMILES string of the molecule is Cc1cc(C)n2nc(C(=O)NCc3ccccc3F)nc2n1. The Kier molecular flexibility index (Phi) is 3.54. The van der Waals surface area contributed by atoms with Crippen LogP contribution in [0.2, 0.25) is 0 Å². The summed E-state index contributed by atoms with van der Waals surface area (Å²) in [5, 5.41) is 6.73. The van der Waals surface area contributed by atoms with E-state index in [1.165, 1.54) is 10.6 Å². The molecule has 3 aromatic rings. The third kappa shape index (κ3) is 2.65. The molecule has 1 amide bonds. The molecule has 0 aliphatic rings. The van der Waals surface area contributed by atoms with Gasteiger partial charge in [-0.1, -0.05) is 18.2 Å². The van der Waals surface area contributed by atoms with Gasteiger partial charge in [-0.15, -0.1) is 5.10 Å². The monoisotopic (exact) mass is 299 g/mol. The molecule has 1 N–H and O–H groups in total. The summed E-state index contributed by atoms with van der Waals surface area (Å²) in [6, 6.07) is 8.12. The van der Waals surface area contributed by atoms with E-state index in [-0.39, 0.29) is 18.2 Å². The minimum absolute atomic E-state index is 0.0116. The second-order valence-electron chi connectivity index (χ2n) is 4.96. The highest BCUT2D eigenvalue weighted by Crippen LogP contribution is 2.07. The van der Waals surface area contributed by atoms with Crippen molar-refractivity contribution in [2.75, 3.05) is 0 Å². The number of nitrogens with zero attached hydrogens (tertiary/aromatic N) is 4.